The van der Waals surface area contributed by atoms with Gasteiger partial charge in [-0.2, -0.15) is 0 Å². The van der Waals surface area contributed by atoms with Crippen LogP contribution in [0.25, 0.3) is 0 Å². The monoisotopic (exact) mass is 356 g/mol. The van der Waals surface area contributed by atoms with Crippen molar-refractivity contribution < 1.29 is 10.2 Å². The van der Waals surface area contributed by atoms with Crippen molar-refractivity contribution >= 4 is 5.96 Å². The first-order valence-electron chi connectivity index (χ1n) is 9.81. The largest absolute Gasteiger partial charge is 0.392 e. The van der Waals surface area contributed by atoms with Crippen LogP contribution in [-0.2, 0) is 0 Å². The summed E-state index contributed by atoms with van der Waals surface area (Å²) in [6.45, 7) is 1.72. The summed E-state index contributed by atoms with van der Waals surface area (Å²) in [4.78, 5) is 3.71. The maximum atomic E-state index is 10.0. The molecule has 0 aromatic carbocycles. The molecule has 0 aromatic heterocycles. The van der Waals surface area contributed by atoms with Crippen LogP contribution in [0.15, 0.2) is 17.1 Å². The van der Waals surface area contributed by atoms with Crippen molar-refractivity contribution in [3.8, 4) is 0 Å². The van der Waals surface area contributed by atoms with E-state index in [1.165, 1.54) is 64.2 Å². The van der Waals surface area contributed by atoms with Gasteiger partial charge in [-0.1, -0.05) is 83.3 Å². The molecule has 0 spiro atoms. The Morgan fingerprint density at radius 2 is 1.44 bits per heavy atom. The zero-order valence-electron chi connectivity index (χ0n) is 16.0. The van der Waals surface area contributed by atoms with Crippen LogP contribution in [0.3, 0.4) is 0 Å². The number of guanidine groups is 1. The van der Waals surface area contributed by atoms with E-state index in [1.807, 2.05) is 6.08 Å². The van der Waals surface area contributed by atoms with Crippen molar-refractivity contribution in [1.29, 1.82) is 0 Å². The minimum absolute atomic E-state index is 0.255. The van der Waals surface area contributed by atoms with Gasteiger partial charge >= 0.3 is 0 Å². The molecule has 6 nitrogen and oxygen atoms in total. The average molecular weight is 357 g/mol. The summed E-state index contributed by atoms with van der Waals surface area (Å²) in [6.07, 6.45) is 17.6. The number of aliphatic hydroxyl groups excluding tert-OH is 2. The summed E-state index contributed by atoms with van der Waals surface area (Å²) in [5.41, 5.74) is 14.7. The summed E-state index contributed by atoms with van der Waals surface area (Å²) in [6, 6.07) is 0. The normalized spacial score (nSPS) is 15.2. The van der Waals surface area contributed by atoms with Crippen LogP contribution in [0, 0.1) is 0 Å². The number of nitrogens with zero attached hydrogens (tertiary/aromatic N) is 1. The highest BCUT2D eigenvalue weighted by atomic mass is 16.3. The number of hydrogen-bond donors (Lipinski definition) is 5. The van der Waals surface area contributed by atoms with Crippen LogP contribution in [0.1, 0.15) is 84.0 Å². The van der Waals surface area contributed by atoms with Crippen molar-refractivity contribution in [3.05, 3.63) is 12.2 Å². The lowest BCUT2D eigenvalue weighted by Gasteiger charge is -2.26. The third kappa shape index (κ3) is 12.8. The van der Waals surface area contributed by atoms with Gasteiger partial charge in [-0.15, -0.1) is 0 Å². The number of nitrogens with two attached hydrogens (primary N) is 3. The summed E-state index contributed by atoms with van der Waals surface area (Å²) in [5.74, 6) is -0.255. The Morgan fingerprint density at radius 1 is 0.960 bits per heavy atom. The van der Waals surface area contributed by atoms with Crippen LogP contribution in [0.4, 0.5) is 0 Å². The van der Waals surface area contributed by atoms with Gasteiger partial charge in [0.25, 0.3) is 0 Å². The van der Waals surface area contributed by atoms with Crippen molar-refractivity contribution in [2.75, 3.05) is 6.61 Å². The quantitative estimate of drug-likeness (QED) is 0.125. The van der Waals surface area contributed by atoms with Crippen LogP contribution in [-0.4, -0.2) is 34.5 Å². The molecule has 0 aliphatic carbocycles. The fourth-order valence-electron chi connectivity index (χ4n) is 2.75. The van der Waals surface area contributed by atoms with E-state index in [-0.39, 0.29) is 5.96 Å². The van der Waals surface area contributed by atoms with Crippen molar-refractivity contribution in [3.63, 3.8) is 0 Å². The van der Waals surface area contributed by atoms with E-state index in [1.54, 1.807) is 6.08 Å². The van der Waals surface area contributed by atoms with Gasteiger partial charge in [-0.05, 0) is 12.8 Å². The highest BCUT2D eigenvalue weighted by molar-refractivity contribution is 5.76. The predicted octanol–water partition coefficient (Wildman–Crippen LogP) is 2.53. The Kier molecular flexibility index (Phi) is 14.5. The number of rotatable bonds is 16. The maximum Gasteiger partial charge on any atom is 0.187 e. The molecule has 0 bridgehead atoms. The molecular weight excluding hydrogens is 316 g/mol. The first kappa shape index (κ1) is 23.9. The van der Waals surface area contributed by atoms with Crippen LogP contribution in [0.2, 0.25) is 0 Å². The molecule has 0 heterocycles. The Labute approximate surface area is 153 Å². The molecule has 6 heteroatoms. The number of allylic oxidation sites excluding steroid dienone is 1. The molecule has 0 saturated heterocycles. The number of hydrogen-bond acceptors (Lipinski definition) is 4. The molecule has 0 rings (SSSR count). The lowest BCUT2D eigenvalue weighted by Crippen LogP contribution is -2.53. The maximum absolute atomic E-state index is 10.0. The Morgan fingerprint density at radius 3 is 1.88 bits per heavy atom. The molecule has 0 amide bonds. The number of aliphatic imine (C=N–C) groups is 1. The highest BCUT2D eigenvalue weighted by Gasteiger charge is 2.31. The molecule has 2 unspecified atom stereocenters. The fourth-order valence-corrected chi connectivity index (χ4v) is 2.75. The smallest absolute Gasteiger partial charge is 0.187 e. The van der Waals surface area contributed by atoms with E-state index in [4.69, 9.17) is 17.2 Å². The first-order valence-corrected chi connectivity index (χ1v) is 9.81. The molecule has 148 valence electrons. The predicted molar refractivity (Wildman–Crippen MR) is 106 cm³/mol. The molecule has 0 saturated carbocycles. The van der Waals surface area contributed by atoms with Crippen molar-refractivity contribution in [2.24, 2.45) is 22.2 Å². The molecule has 2 atom stereocenters. The zero-order valence-corrected chi connectivity index (χ0v) is 16.0. The second-order valence-corrected chi connectivity index (χ2v) is 6.88. The third-order valence-corrected chi connectivity index (χ3v) is 4.40. The Hall–Kier alpha value is -1.11. The second-order valence-electron chi connectivity index (χ2n) is 6.88. The molecule has 25 heavy (non-hydrogen) atoms. The van der Waals surface area contributed by atoms with E-state index < -0.39 is 18.4 Å². The van der Waals surface area contributed by atoms with Gasteiger partial charge < -0.3 is 27.4 Å². The zero-order chi connectivity index (χ0) is 19.0. The highest BCUT2D eigenvalue weighted by Crippen LogP contribution is 2.13. The SMILES string of the molecule is CCCCCCCCCCCCC/C=C/C(O)C(N)(CO)N=C(N)N. The van der Waals surface area contributed by atoms with Gasteiger partial charge in [0, 0.05) is 0 Å². The van der Waals surface area contributed by atoms with Gasteiger partial charge in [-0.3, -0.25) is 0 Å². The van der Waals surface area contributed by atoms with E-state index in [0.717, 1.165) is 12.8 Å². The van der Waals surface area contributed by atoms with Gasteiger partial charge in [0.1, 0.15) is 6.10 Å². The Bertz CT molecular complexity index is 370. The van der Waals surface area contributed by atoms with Gasteiger partial charge in [0.15, 0.2) is 11.6 Å². The van der Waals surface area contributed by atoms with Crippen LogP contribution < -0.4 is 17.2 Å². The van der Waals surface area contributed by atoms with Gasteiger partial charge in [0.05, 0.1) is 6.61 Å². The van der Waals surface area contributed by atoms with Crippen LogP contribution in [0.5, 0.6) is 0 Å². The topological polar surface area (TPSA) is 131 Å². The first-order chi connectivity index (χ1) is 12.0. The second kappa shape index (κ2) is 15.2. The van der Waals surface area contributed by atoms with Crippen molar-refractivity contribution in [2.45, 2.75) is 95.7 Å². The number of aliphatic hydroxyl groups is 2. The van der Waals surface area contributed by atoms with Gasteiger partial charge in [-0.25, -0.2) is 4.99 Å². The third-order valence-electron chi connectivity index (χ3n) is 4.40. The standard InChI is InChI=1S/C19H40N4O2/c1-2-3-4-5-6-7-8-9-10-11-12-13-14-15-17(25)19(22,16-24)23-18(20)21/h14-15,17,24-25H,2-13,16,22H2,1H3,(H4,20,21,23)/b15-14+. The van der Waals surface area contributed by atoms with E-state index in [9.17, 15) is 10.2 Å². The molecule has 0 aromatic rings. The van der Waals surface area contributed by atoms with Crippen molar-refractivity contribution in [1.82, 2.24) is 0 Å². The molecule has 8 N–H and O–H groups in total. The van der Waals surface area contributed by atoms with E-state index >= 15 is 0 Å². The lowest BCUT2D eigenvalue weighted by atomic mass is 10.0. The molecule has 0 aliphatic rings. The summed E-state index contributed by atoms with van der Waals surface area (Å²) in [7, 11) is 0. The molecular formula is C19H40N4O2. The minimum Gasteiger partial charge on any atom is -0.392 e. The van der Waals surface area contributed by atoms with Crippen LogP contribution >= 0.6 is 0 Å². The van der Waals surface area contributed by atoms with Gasteiger partial charge in [0.2, 0.25) is 0 Å². The Balaban J connectivity index is 3.67. The minimum atomic E-state index is -1.58. The molecule has 0 fully saturated rings. The molecule has 0 radical (unpaired) electrons. The van der Waals surface area contributed by atoms with E-state index in [0.29, 0.717) is 0 Å². The number of unbranched alkanes of at least 4 members (excludes halogenated alkanes) is 11. The average Bonchev–Trinajstić information content (AvgIpc) is 2.58. The summed E-state index contributed by atoms with van der Waals surface area (Å²) in [5, 5.41) is 19.3. The van der Waals surface area contributed by atoms with E-state index in [2.05, 4.69) is 11.9 Å². The summed E-state index contributed by atoms with van der Waals surface area (Å²) >= 11 is 0. The fraction of sp³-hybridized carbons (Fsp3) is 0.842. The molecule has 0 aliphatic heterocycles. The lowest BCUT2D eigenvalue weighted by molar-refractivity contribution is 0.0792. The summed E-state index contributed by atoms with van der Waals surface area (Å²) < 4.78 is 0.